The van der Waals surface area contributed by atoms with Crippen LogP contribution in [0.1, 0.15) is 26.3 Å². The first kappa shape index (κ1) is 23.2. The van der Waals surface area contributed by atoms with Crippen molar-refractivity contribution < 1.29 is 22.2 Å². The van der Waals surface area contributed by atoms with Gasteiger partial charge in [0.25, 0.3) is 5.91 Å². The minimum absolute atomic E-state index is 0.0177. The first-order valence-electron chi connectivity index (χ1n) is 9.14. The van der Waals surface area contributed by atoms with Crippen LogP contribution in [0.5, 0.6) is 0 Å². The Hall–Kier alpha value is -3.50. The quantitative estimate of drug-likeness (QED) is 0.259. The molecule has 0 aromatic heterocycles. The molecule has 1 amide bonds. The highest BCUT2D eigenvalue weighted by Gasteiger charge is 2.22. The number of benzene rings is 3. The van der Waals surface area contributed by atoms with Crippen molar-refractivity contribution in [3.05, 3.63) is 87.9 Å². The lowest BCUT2D eigenvalue weighted by Crippen LogP contribution is -2.16. The predicted octanol–water partition coefficient (Wildman–Crippen LogP) is 3.77. The SMILES string of the molecule is CS(=O)(=O)OC(=O)c1cc(Br)ccc1-c1ccccc1C(=O)Nc1ccc(C(=N)N)cc1. The summed E-state index contributed by atoms with van der Waals surface area (Å²) in [6.45, 7) is 0. The van der Waals surface area contributed by atoms with E-state index in [1.165, 1.54) is 6.07 Å². The van der Waals surface area contributed by atoms with Crippen LogP contribution in [0.25, 0.3) is 11.1 Å². The predicted molar refractivity (Wildman–Crippen MR) is 125 cm³/mol. The lowest BCUT2D eigenvalue weighted by Gasteiger charge is -2.14. The van der Waals surface area contributed by atoms with Crippen molar-refractivity contribution in [2.75, 3.05) is 11.6 Å². The fourth-order valence-corrected chi connectivity index (χ4v) is 3.68. The maximum absolute atomic E-state index is 13.0. The van der Waals surface area contributed by atoms with Crippen LogP contribution in [0.15, 0.2) is 71.2 Å². The van der Waals surface area contributed by atoms with Crippen LogP contribution in [0.4, 0.5) is 5.69 Å². The van der Waals surface area contributed by atoms with Gasteiger partial charge in [0.1, 0.15) is 5.84 Å². The Bertz CT molecular complexity index is 1320. The molecule has 4 N–H and O–H groups in total. The summed E-state index contributed by atoms with van der Waals surface area (Å²) in [6, 6.07) is 17.7. The Morgan fingerprint density at radius 2 is 1.59 bits per heavy atom. The van der Waals surface area contributed by atoms with E-state index in [0.717, 1.165) is 6.26 Å². The number of carbonyl (C=O) groups excluding carboxylic acids is 2. The van der Waals surface area contributed by atoms with Gasteiger partial charge >= 0.3 is 16.1 Å². The highest BCUT2D eigenvalue weighted by molar-refractivity contribution is 9.10. The largest absolute Gasteiger partial charge is 0.384 e. The van der Waals surface area contributed by atoms with Crippen molar-refractivity contribution in [3.8, 4) is 11.1 Å². The highest BCUT2D eigenvalue weighted by Crippen LogP contribution is 2.31. The van der Waals surface area contributed by atoms with Crippen LogP contribution in [0.2, 0.25) is 0 Å². The van der Waals surface area contributed by atoms with Crippen LogP contribution >= 0.6 is 15.9 Å². The number of amides is 1. The second-order valence-corrected chi connectivity index (χ2v) is 9.25. The lowest BCUT2D eigenvalue weighted by atomic mass is 9.95. The van der Waals surface area contributed by atoms with Gasteiger partial charge in [-0.2, -0.15) is 8.42 Å². The van der Waals surface area contributed by atoms with E-state index in [1.807, 2.05) is 0 Å². The van der Waals surface area contributed by atoms with Gasteiger partial charge in [-0.25, -0.2) is 4.79 Å². The third-order valence-corrected chi connectivity index (χ3v) is 5.29. The number of anilines is 1. The molecule has 0 bridgehead atoms. The summed E-state index contributed by atoms with van der Waals surface area (Å²) in [5, 5.41) is 10.2. The summed E-state index contributed by atoms with van der Waals surface area (Å²) in [5.74, 6) is -1.59. The maximum Gasteiger partial charge on any atom is 0.354 e. The van der Waals surface area contributed by atoms with E-state index in [2.05, 4.69) is 25.4 Å². The van der Waals surface area contributed by atoms with Crippen LogP contribution < -0.4 is 11.1 Å². The molecule has 3 aromatic rings. The summed E-state index contributed by atoms with van der Waals surface area (Å²) in [6.07, 6.45) is 0.779. The van der Waals surface area contributed by atoms with E-state index in [-0.39, 0.29) is 17.0 Å². The normalized spacial score (nSPS) is 10.9. The molecule has 0 atom stereocenters. The second-order valence-electron chi connectivity index (χ2n) is 6.76. The van der Waals surface area contributed by atoms with Gasteiger partial charge in [0.05, 0.1) is 11.8 Å². The minimum Gasteiger partial charge on any atom is -0.384 e. The zero-order chi connectivity index (χ0) is 23.5. The zero-order valence-electron chi connectivity index (χ0n) is 16.8. The number of halogens is 1. The molecule has 0 aliphatic heterocycles. The monoisotopic (exact) mass is 515 g/mol. The van der Waals surface area contributed by atoms with Crippen LogP contribution in [0, 0.1) is 5.41 Å². The summed E-state index contributed by atoms with van der Waals surface area (Å²) < 4.78 is 28.0. The maximum atomic E-state index is 13.0. The summed E-state index contributed by atoms with van der Waals surface area (Å²) in [7, 11) is -4.03. The molecular formula is C22H18BrN3O5S. The highest BCUT2D eigenvalue weighted by atomic mass is 79.9. The molecule has 0 radical (unpaired) electrons. The molecule has 32 heavy (non-hydrogen) atoms. The Balaban J connectivity index is 2.00. The van der Waals surface area contributed by atoms with Crippen LogP contribution in [-0.2, 0) is 14.3 Å². The van der Waals surface area contributed by atoms with Gasteiger partial charge in [-0.05, 0) is 53.6 Å². The summed E-state index contributed by atoms with van der Waals surface area (Å²) in [5.41, 5.74) is 7.45. The van der Waals surface area contributed by atoms with Crippen LogP contribution in [-0.4, -0.2) is 32.4 Å². The number of hydrogen-bond acceptors (Lipinski definition) is 6. The fraction of sp³-hybridized carbons (Fsp3) is 0.0455. The molecule has 3 rings (SSSR count). The van der Waals surface area contributed by atoms with Crippen molar-refractivity contribution in [2.45, 2.75) is 0 Å². The molecule has 0 saturated heterocycles. The molecule has 0 spiro atoms. The van der Waals surface area contributed by atoms with Gasteiger partial charge in [-0.1, -0.05) is 40.2 Å². The van der Waals surface area contributed by atoms with Gasteiger partial charge in [-0.3, -0.25) is 10.2 Å². The molecule has 0 heterocycles. The third-order valence-electron chi connectivity index (χ3n) is 4.34. The summed E-state index contributed by atoms with van der Waals surface area (Å²) >= 11 is 3.26. The third kappa shape index (κ3) is 5.59. The van der Waals surface area contributed by atoms with Crippen molar-refractivity contribution in [3.63, 3.8) is 0 Å². The number of nitrogens with one attached hydrogen (secondary N) is 2. The van der Waals surface area contributed by atoms with Crippen molar-refractivity contribution in [1.29, 1.82) is 5.41 Å². The fourth-order valence-electron chi connectivity index (χ4n) is 2.95. The molecule has 0 aliphatic rings. The smallest absolute Gasteiger partial charge is 0.354 e. The Labute approximate surface area is 193 Å². The number of hydrogen-bond donors (Lipinski definition) is 3. The number of amidine groups is 1. The Kier molecular flexibility index (Phi) is 6.75. The minimum atomic E-state index is -4.03. The average Bonchev–Trinajstić information content (AvgIpc) is 2.73. The van der Waals surface area contributed by atoms with Crippen molar-refractivity contribution in [2.24, 2.45) is 5.73 Å². The molecule has 0 saturated carbocycles. The van der Waals surface area contributed by atoms with E-state index in [4.69, 9.17) is 11.1 Å². The molecule has 0 unspecified atom stereocenters. The van der Waals surface area contributed by atoms with E-state index in [9.17, 15) is 18.0 Å². The number of rotatable bonds is 6. The number of carbonyl (C=O) groups is 2. The van der Waals surface area contributed by atoms with Gasteiger partial charge in [0.15, 0.2) is 0 Å². The molecule has 3 aromatic carbocycles. The average molecular weight is 516 g/mol. The lowest BCUT2D eigenvalue weighted by molar-refractivity contribution is 0.0748. The van der Waals surface area contributed by atoms with Crippen molar-refractivity contribution in [1.82, 2.24) is 0 Å². The number of nitrogens with two attached hydrogens (primary N) is 1. The molecule has 0 fully saturated rings. The van der Waals surface area contributed by atoms with E-state index in [1.54, 1.807) is 60.7 Å². The first-order chi connectivity index (χ1) is 15.0. The molecule has 0 aliphatic carbocycles. The van der Waals surface area contributed by atoms with E-state index < -0.39 is 22.0 Å². The van der Waals surface area contributed by atoms with Gasteiger partial charge in [-0.15, -0.1) is 0 Å². The Morgan fingerprint density at radius 3 is 2.22 bits per heavy atom. The number of nitrogen functional groups attached to an aromatic ring is 1. The molecule has 164 valence electrons. The molecular weight excluding hydrogens is 498 g/mol. The zero-order valence-corrected chi connectivity index (χ0v) is 19.2. The van der Waals surface area contributed by atoms with Gasteiger partial charge < -0.3 is 15.2 Å². The summed E-state index contributed by atoms with van der Waals surface area (Å²) in [4.78, 5) is 25.5. The Morgan fingerprint density at radius 1 is 0.969 bits per heavy atom. The van der Waals surface area contributed by atoms with Crippen molar-refractivity contribution >= 4 is 49.4 Å². The second kappa shape index (κ2) is 9.33. The standard InChI is InChI=1S/C22H18BrN3O5S/c1-32(29,30)31-22(28)19-12-14(23)8-11-17(19)16-4-2-3-5-18(16)21(27)26-15-9-6-13(7-10-15)20(24)25/h2-12H,1H3,(H3,24,25)(H,26,27). The van der Waals surface area contributed by atoms with Crippen LogP contribution in [0.3, 0.4) is 0 Å². The topological polar surface area (TPSA) is 139 Å². The van der Waals surface area contributed by atoms with E-state index >= 15 is 0 Å². The van der Waals surface area contributed by atoms with E-state index in [0.29, 0.717) is 26.9 Å². The first-order valence-corrected chi connectivity index (χ1v) is 11.7. The van der Waals surface area contributed by atoms with Gasteiger partial charge in [0.2, 0.25) is 0 Å². The van der Waals surface area contributed by atoms with Gasteiger partial charge in [0, 0.05) is 21.3 Å². The molecule has 10 heteroatoms. The molecule has 8 nitrogen and oxygen atoms in total.